The molecule has 2 fully saturated rings. The maximum absolute atomic E-state index is 13.0. The van der Waals surface area contributed by atoms with Gasteiger partial charge in [-0.1, -0.05) is 42.5 Å². The summed E-state index contributed by atoms with van der Waals surface area (Å²) in [5.74, 6) is -1.13. The molecule has 5 rings (SSSR count). The average Bonchev–Trinajstić information content (AvgIpc) is 3.49. The van der Waals surface area contributed by atoms with E-state index in [1.165, 1.54) is 23.3 Å². The molecule has 2 atom stereocenters. The van der Waals surface area contributed by atoms with Crippen molar-refractivity contribution in [2.75, 3.05) is 26.2 Å². The van der Waals surface area contributed by atoms with Crippen LogP contribution in [0.2, 0.25) is 0 Å². The number of carbonyl (C=O) groups is 2. The van der Waals surface area contributed by atoms with Gasteiger partial charge in [-0.25, -0.2) is 0 Å². The maximum Gasteiger partial charge on any atom is 0.416 e. The summed E-state index contributed by atoms with van der Waals surface area (Å²) in [5.41, 5.74) is 1.81. The number of carbonyl (C=O) groups excluding carboxylic acids is 2. The molecule has 6 nitrogen and oxygen atoms in total. The summed E-state index contributed by atoms with van der Waals surface area (Å²) in [5, 5.41) is 5.40. The molecule has 9 heteroatoms. The fraction of sp³-hybridized carbons (Fsp3) is 0.467. The lowest BCUT2D eigenvalue weighted by Gasteiger charge is -2.40. The Labute approximate surface area is 226 Å². The van der Waals surface area contributed by atoms with Crippen LogP contribution in [0.4, 0.5) is 13.2 Å². The second-order valence-electron chi connectivity index (χ2n) is 10.7. The van der Waals surface area contributed by atoms with Gasteiger partial charge in [0, 0.05) is 36.7 Å². The molecular weight excluding hydrogens is 507 g/mol. The van der Waals surface area contributed by atoms with Crippen LogP contribution >= 0.6 is 0 Å². The number of ether oxygens (including phenoxy) is 1. The fourth-order valence-corrected chi connectivity index (χ4v) is 6.33. The molecule has 39 heavy (non-hydrogen) atoms. The number of fused-ring (bicyclic) bond motifs is 2. The van der Waals surface area contributed by atoms with Crippen LogP contribution in [0.1, 0.15) is 59.7 Å². The molecule has 208 valence electrons. The molecule has 1 spiro atoms. The normalized spacial score (nSPS) is 26.5. The highest BCUT2D eigenvalue weighted by molar-refractivity contribution is 5.96. The summed E-state index contributed by atoms with van der Waals surface area (Å²) in [4.78, 5) is 27.5. The number of alkyl halides is 3. The van der Waals surface area contributed by atoms with E-state index in [1.54, 1.807) is 0 Å². The van der Waals surface area contributed by atoms with Crippen molar-refractivity contribution < 1.29 is 27.5 Å². The van der Waals surface area contributed by atoms with Crippen molar-refractivity contribution in [3.8, 4) is 0 Å². The number of likely N-dealkylation sites (tertiary alicyclic amines) is 1. The first-order chi connectivity index (χ1) is 18.7. The number of nitrogens with one attached hydrogen (secondary N) is 2. The van der Waals surface area contributed by atoms with Crippen molar-refractivity contribution in [2.45, 2.75) is 62.4 Å². The highest BCUT2D eigenvalue weighted by Crippen LogP contribution is 2.47. The van der Waals surface area contributed by atoms with Crippen molar-refractivity contribution >= 4 is 17.9 Å². The molecule has 0 unspecified atom stereocenters. The Morgan fingerprint density at radius 2 is 1.85 bits per heavy atom. The topological polar surface area (TPSA) is 70.7 Å². The second-order valence-corrected chi connectivity index (χ2v) is 10.7. The molecule has 2 aromatic rings. The molecule has 3 aliphatic rings. The number of amides is 2. The molecule has 1 saturated carbocycles. The zero-order valence-electron chi connectivity index (χ0n) is 22.0. The summed E-state index contributed by atoms with van der Waals surface area (Å²) < 4.78 is 44.8. The van der Waals surface area contributed by atoms with Gasteiger partial charge in [0.1, 0.15) is 0 Å². The summed E-state index contributed by atoms with van der Waals surface area (Å²) in [6, 6.07) is 12.9. The standard InChI is InChI=1S/C30H34F3N3O3/c1-2-39-26-19-36(23-11-14-29(15-12-23)13-10-20-6-3-4-9-24(20)29)18-25(26)35-27(37)17-34-28(38)21-7-5-8-22(16-21)30(31,32)33/h3-10,13,16,23,25-26H,2,11-12,14-15,17-19H2,1H3,(H,34,38)(H,35,37)/t23?,25-,26+,29?/m0/s1. The lowest BCUT2D eigenvalue weighted by molar-refractivity contribution is -0.137. The largest absolute Gasteiger partial charge is 0.416 e. The molecular formula is C30H34F3N3O3. The van der Waals surface area contributed by atoms with Crippen LogP contribution in [-0.4, -0.2) is 61.1 Å². The van der Waals surface area contributed by atoms with E-state index in [1.807, 2.05) is 6.92 Å². The van der Waals surface area contributed by atoms with Gasteiger partial charge in [-0.3, -0.25) is 14.5 Å². The van der Waals surface area contributed by atoms with Gasteiger partial charge in [0.2, 0.25) is 5.91 Å². The highest BCUT2D eigenvalue weighted by Gasteiger charge is 2.43. The van der Waals surface area contributed by atoms with Crippen LogP contribution in [0.25, 0.3) is 6.08 Å². The lowest BCUT2D eigenvalue weighted by atomic mass is 9.69. The maximum atomic E-state index is 13.0. The van der Waals surface area contributed by atoms with E-state index in [-0.39, 0.29) is 29.7 Å². The average molecular weight is 542 g/mol. The molecule has 2 N–H and O–H groups in total. The van der Waals surface area contributed by atoms with E-state index >= 15 is 0 Å². The zero-order chi connectivity index (χ0) is 27.6. The van der Waals surface area contributed by atoms with Gasteiger partial charge in [0.05, 0.1) is 24.3 Å². The zero-order valence-corrected chi connectivity index (χ0v) is 22.0. The van der Waals surface area contributed by atoms with Crippen molar-refractivity contribution in [3.63, 3.8) is 0 Å². The monoisotopic (exact) mass is 541 g/mol. The SMILES string of the molecule is CCO[C@@H]1CN(C2CCC3(C=Cc4ccccc43)CC2)C[C@@H]1NC(=O)CNC(=O)c1cccc(C(F)(F)F)c1. The summed E-state index contributed by atoms with van der Waals surface area (Å²) in [6.07, 6.45) is 4.19. The number of halogens is 3. The molecule has 1 heterocycles. The number of hydrogen-bond donors (Lipinski definition) is 2. The number of allylic oxidation sites excluding steroid dienone is 1. The Bertz CT molecular complexity index is 1240. The van der Waals surface area contributed by atoms with Gasteiger partial charge in [0.15, 0.2) is 0 Å². The molecule has 0 aromatic heterocycles. The van der Waals surface area contributed by atoms with E-state index in [2.05, 4.69) is 52.0 Å². The lowest BCUT2D eigenvalue weighted by Crippen LogP contribution is -2.48. The number of nitrogens with zero attached hydrogens (tertiary/aromatic N) is 1. The van der Waals surface area contributed by atoms with Crippen molar-refractivity contribution in [1.29, 1.82) is 0 Å². The molecule has 0 radical (unpaired) electrons. The van der Waals surface area contributed by atoms with E-state index < -0.39 is 23.6 Å². The minimum absolute atomic E-state index is 0.123. The van der Waals surface area contributed by atoms with Gasteiger partial charge >= 0.3 is 6.18 Å². The fourth-order valence-electron chi connectivity index (χ4n) is 6.33. The summed E-state index contributed by atoms with van der Waals surface area (Å²) in [6.45, 7) is 3.49. The molecule has 2 amide bonds. The Morgan fingerprint density at radius 3 is 2.59 bits per heavy atom. The van der Waals surface area contributed by atoms with Crippen molar-refractivity contribution in [1.82, 2.24) is 15.5 Å². The Kier molecular flexibility index (Phi) is 7.82. The third-order valence-electron chi connectivity index (χ3n) is 8.33. The highest BCUT2D eigenvalue weighted by atomic mass is 19.4. The van der Waals surface area contributed by atoms with Crippen molar-refractivity contribution in [2.24, 2.45) is 0 Å². The minimum Gasteiger partial charge on any atom is -0.375 e. The van der Waals surface area contributed by atoms with E-state index in [0.29, 0.717) is 19.2 Å². The van der Waals surface area contributed by atoms with Gasteiger partial charge in [-0.2, -0.15) is 13.2 Å². The van der Waals surface area contributed by atoms with E-state index in [9.17, 15) is 22.8 Å². The first-order valence-electron chi connectivity index (χ1n) is 13.6. The quantitative estimate of drug-likeness (QED) is 0.540. The first kappa shape index (κ1) is 27.4. The summed E-state index contributed by atoms with van der Waals surface area (Å²) in [7, 11) is 0. The van der Waals surface area contributed by atoms with Crippen LogP contribution in [0.5, 0.6) is 0 Å². The van der Waals surface area contributed by atoms with Crippen LogP contribution in [-0.2, 0) is 21.1 Å². The van der Waals surface area contributed by atoms with Gasteiger partial charge < -0.3 is 15.4 Å². The van der Waals surface area contributed by atoms with Crippen LogP contribution in [0.3, 0.4) is 0 Å². The number of rotatable bonds is 7. The number of benzene rings is 2. The van der Waals surface area contributed by atoms with Gasteiger partial charge in [0.25, 0.3) is 5.91 Å². The second kappa shape index (κ2) is 11.1. The predicted molar refractivity (Wildman–Crippen MR) is 142 cm³/mol. The third-order valence-corrected chi connectivity index (χ3v) is 8.33. The van der Waals surface area contributed by atoms with Crippen molar-refractivity contribution in [3.05, 3.63) is 76.9 Å². The molecule has 1 saturated heterocycles. The smallest absolute Gasteiger partial charge is 0.375 e. The van der Waals surface area contributed by atoms with Gasteiger partial charge in [-0.15, -0.1) is 0 Å². The van der Waals surface area contributed by atoms with E-state index in [0.717, 1.165) is 44.4 Å². The van der Waals surface area contributed by atoms with Crippen LogP contribution < -0.4 is 10.6 Å². The molecule has 2 aromatic carbocycles. The Morgan fingerprint density at radius 1 is 1.08 bits per heavy atom. The Balaban J connectivity index is 1.14. The van der Waals surface area contributed by atoms with Gasteiger partial charge in [-0.05, 0) is 61.9 Å². The minimum atomic E-state index is -4.55. The van der Waals surface area contributed by atoms with Crippen LogP contribution in [0, 0.1) is 0 Å². The Hall–Kier alpha value is -3.17. The summed E-state index contributed by atoms with van der Waals surface area (Å²) >= 11 is 0. The molecule has 1 aliphatic heterocycles. The molecule has 2 aliphatic carbocycles. The van der Waals surface area contributed by atoms with E-state index in [4.69, 9.17) is 4.74 Å². The first-order valence-corrected chi connectivity index (χ1v) is 13.6. The van der Waals surface area contributed by atoms with Crippen LogP contribution in [0.15, 0.2) is 54.6 Å². The molecule has 0 bridgehead atoms. The third kappa shape index (κ3) is 5.89. The number of hydrogen-bond acceptors (Lipinski definition) is 4. The predicted octanol–water partition coefficient (Wildman–Crippen LogP) is 4.55.